The second-order valence-corrected chi connectivity index (χ2v) is 4.15. The molecule has 2 aromatic carbocycles. The van der Waals surface area contributed by atoms with Crippen LogP contribution in [-0.4, -0.2) is 0 Å². The Morgan fingerprint density at radius 3 is 1.60 bits per heavy atom. The molecule has 0 radical (unpaired) electrons. The predicted molar refractivity (Wildman–Crippen MR) is 61.9 cm³/mol. The molecule has 0 unspecified atom stereocenters. The fraction of sp³-hybridized carbons (Fsp3) is 0.143. The highest BCUT2D eigenvalue weighted by atomic mass is 19.4. The minimum Gasteiger partial charge on any atom is -0.166 e. The van der Waals surface area contributed by atoms with E-state index in [4.69, 9.17) is 0 Å². The topological polar surface area (TPSA) is 0 Å². The molecule has 0 aromatic heterocycles. The summed E-state index contributed by atoms with van der Waals surface area (Å²) in [7, 11) is 0. The maximum absolute atomic E-state index is 12.6. The number of benzene rings is 2. The number of alkyl halides is 6. The Morgan fingerprint density at radius 1 is 0.550 bits per heavy atom. The molecular weight excluding hydrogens is 282 g/mol. The molecule has 0 nitrogen and oxygen atoms in total. The minimum absolute atomic E-state index is 0.216. The van der Waals surface area contributed by atoms with Gasteiger partial charge >= 0.3 is 12.4 Å². The third-order valence-corrected chi connectivity index (χ3v) is 2.74. The van der Waals surface area contributed by atoms with Gasteiger partial charge in [-0.1, -0.05) is 24.3 Å². The van der Waals surface area contributed by atoms with E-state index in [0.29, 0.717) is 5.56 Å². The third kappa shape index (κ3) is 3.12. The Kier molecular flexibility index (Phi) is 3.50. The van der Waals surface area contributed by atoms with Crippen molar-refractivity contribution in [1.29, 1.82) is 0 Å². The van der Waals surface area contributed by atoms with Gasteiger partial charge in [0, 0.05) is 0 Å². The lowest BCUT2D eigenvalue weighted by Crippen LogP contribution is -2.05. The molecule has 0 aliphatic heterocycles. The van der Waals surface area contributed by atoms with E-state index >= 15 is 0 Å². The lowest BCUT2D eigenvalue weighted by molar-refractivity contribution is -0.138. The van der Waals surface area contributed by atoms with E-state index in [9.17, 15) is 26.3 Å². The lowest BCUT2D eigenvalue weighted by Gasteiger charge is -2.10. The summed E-state index contributed by atoms with van der Waals surface area (Å²) in [6, 6.07) is 8.44. The molecular formula is C14H8F6. The average Bonchev–Trinajstić information content (AvgIpc) is 2.37. The number of halogens is 6. The van der Waals surface area contributed by atoms with E-state index in [1.165, 1.54) is 12.1 Å². The van der Waals surface area contributed by atoms with Crippen molar-refractivity contribution in [2.75, 3.05) is 0 Å². The largest absolute Gasteiger partial charge is 0.416 e. The molecule has 0 bridgehead atoms. The smallest absolute Gasteiger partial charge is 0.166 e. The van der Waals surface area contributed by atoms with Gasteiger partial charge in [0.1, 0.15) is 0 Å². The first kappa shape index (κ1) is 14.4. The zero-order valence-electron chi connectivity index (χ0n) is 9.89. The van der Waals surface area contributed by atoms with Gasteiger partial charge in [-0.05, 0) is 35.4 Å². The Balaban J connectivity index is 2.38. The maximum atomic E-state index is 12.6. The van der Waals surface area contributed by atoms with Crippen molar-refractivity contribution >= 4 is 0 Å². The van der Waals surface area contributed by atoms with Gasteiger partial charge in [-0.25, -0.2) is 0 Å². The quantitative estimate of drug-likeness (QED) is 0.618. The van der Waals surface area contributed by atoms with Crippen LogP contribution in [0, 0.1) is 0 Å². The van der Waals surface area contributed by atoms with Gasteiger partial charge in [-0.2, -0.15) is 26.3 Å². The Bertz CT molecular complexity index is 592. The Morgan fingerprint density at radius 2 is 1.10 bits per heavy atom. The van der Waals surface area contributed by atoms with E-state index in [1.807, 2.05) is 0 Å². The summed E-state index contributed by atoms with van der Waals surface area (Å²) in [6.45, 7) is 0. The fourth-order valence-corrected chi connectivity index (χ4v) is 1.73. The van der Waals surface area contributed by atoms with E-state index < -0.39 is 23.5 Å². The first-order chi connectivity index (χ1) is 9.18. The van der Waals surface area contributed by atoms with Gasteiger partial charge < -0.3 is 0 Å². The summed E-state index contributed by atoms with van der Waals surface area (Å²) in [5.41, 5.74) is -1.17. The normalized spacial score (nSPS) is 12.5. The van der Waals surface area contributed by atoms with Gasteiger partial charge in [0.05, 0.1) is 11.1 Å². The van der Waals surface area contributed by atoms with Crippen LogP contribution in [-0.2, 0) is 12.4 Å². The summed E-state index contributed by atoms with van der Waals surface area (Å²) in [6.07, 6.45) is -8.95. The van der Waals surface area contributed by atoms with Gasteiger partial charge in [-0.3, -0.25) is 0 Å². The van der Waals surface area contributed by atoms with Crippen LogP contribution in [0.1, 0.15) is 11.1 Å². The van der Waals surface area contributed by atoms with Crippen LogP contribution >= 0.6 is 0 Å². The molecule has 0 heterocycles. The second-order valence-electron chi connectivity index (χ2n) is 4.15. The molecule has 20 heavy (non-hydrogen) atoms. The van der Waals surface area contributed by atoms with Gasteiger partial charge in [0.2, 0.25) is 0 Å². The van der Waals surface area contributed by atoms with Crippen molar-refractivity contribution in [3.05, 3.63) is 59.7 Å². The average molecular weight is 290 g/mol. The first-order valence-corrected chi connectivity index (χ1v) is 5.53. The molecule has 0 aliphatic carbocycles. The molecule has 0 N–H and O–H groups in total. The van der Waals surface area contributed by atoms with Crippen LogP contribution in [0.15, 0.2) is 48.5 Å². The predicted octanol–water partition coefficient (Wildman–Crippen LogP) is 5.39. The number of rotatable bonds is 1. The van der Waals surface area contributed by atoms with Crippen LogP contribution in [0.5, 0.6) is 0 Å². The van der Waals surface area contributed by atoms with E-state index in [1.54, 1.807) is 0 Å². The Hall–Kier alpha value is -1.98. The number of hydrogen-bond acceptors (Lipinski definition) is 0. The van der Waals surface area contributed by atoms with Gasteiger partial charge in [0.15, 0.2) is 0 Å². The molecule has 106 valence electrons. The monoisotopic (exact) mass is 290 g/mol. The fourth-order valence-electron chi connectivity index (χ4n) is 1.73. The highest BCUT2D eigenvalue weighted by Crippen LogP contribution is 2.34. The van der Waals surface area contributed by atoms with Crippen molar-refractivity contribution in [2.24, 2.45) is 0 Å². The van der Waals surface area contributed by atoms with Gasteiger partial charge in [0.25, 0.3) is 0 Å². The highest BCUT2D eigenvalue weighted by molar-refractivity contribution is 5.64. The van der Waals surface area contributed by atoms with Crippen LogP contribution in [0.2, 0.25) is 0 Å². The first-order valence-electron chi connectivity index (χ1n) is 5.53. The molecule has 0 fully saturated rings. The van der Waals surface area contributed by atoms with Crippen molar-refractivity contribution in [3.8, 4) is 11.1 Å². The zero-order chi connectivity index (χ0) is 15.0. The molecule has 0 saturated carbocycles. The SMILES string of the molecule is FC(F)(F)c1ccc(-c2cccc(C(F)(F)F)c2)cc1. The molecule has 0 spiro atoms. The Labute approximate surface area is 110 Å². The van der Waals surface area contributed by atoms with Crippen molar-refractivity contribution in [2.45, 2.75) is 12.4 Å². The molecule has 2 rings (SSSR count). The van der Waals surface area contributed by atoms with Crippen LogP contribution in [0.3, 0.4) is 0 Å². The third-order valence-electron chi connectivity index (χ3n) is 2.74. The standard InChI is InChI=1S/C14H8F6/c15-13(16,17)11-6-4-9(5-7-11)10-2-1-3-12(8-10)14(18,19)20/h1-8H. The molecule has 0 saturated heterocycles. The summed E-state index contributed by atoms with van der Waals surface area (Å²) in [5, 5.41) is 0. The summed E-state index contributed by atoms with van der Waals surface area (Å²) in [5.74, 6) is 0. The van der Waals surface area contributed by atoms with E-state index in [2.05, 4.69) is 0 Å². The van der Waals surface area contributed by atoms with Gasteiger partial charge in [-0.15, -0.1) is 0 Å². The zero-order valence-corrected chi connectivity index (χ0v) is 9.89. The highest BCUT2D eigenvalue weighted by Gasteiger charge is 2.31. The minimum atomic E-state index is -4.48. The molecule has 0 atom stereocenters. The van der Waals surface area contributed by atoms with E-state index in [-0.39, 0.29) is 5.56 Å². The second kappa shape index (κ2) is 4.85. The summed E-state index contributed by atoms with van der Waals surface area (Å²) >= 11 is 0. The van der Waals surface area contributed by atoms with Crippen molar-refractivity contribution < 1.29 is 26.3 Å². The number of hydrogen-bond donors (Lipinski definition) is 0. The summed E-state index contributed by atoms with van der Waals surface area (Å²) in [4.78, 5) is 0. The molecule has 6 heteroatoms. The molecule has 0 amide bonds. The van der Waals surface area contributed by atoms with Crippen LogP contribution in [0.4, 0.5) is 26.3 Å². The van der Waals surface area contributed by atoms with Crippen molar-refractivity contribution in [1.82, 2.24) is 0 Å². The maximum Gasteiger partial charge on any atom is 0.416 e. The van der Waals surface area contributed by atoms with Crippen LogP contribution in [0.25, 0.3) is 11.1 Å². The molecule has 0 aliphatic rings. The molecule has 2 aromatic rings. The lowest BCUT2D eigenvalue weighted by atomic mass is 10.0. The van der Waals surface area contributed by atoms with E-state index in [0.717, 1.165) is 36.4 Å². The summed E-state index contributed by atoms with van der Waals surface area (Å²) < 4.78 is 74.8. The van der Waals surface area contributed by atoms with Crippen LogP contribution < -0.4 is 0 Å². The van der Waals surface area contributed by atoms with Crippen molar-refractivity contribution in [3.63, 3.8) is 0 Å².